The molecule has 0 heterocycles. The summed E-state index contributed by atoms with van der Waals surface area (Å²) in [6, 6.07) is 24.8. The van der Waals surface area contributed by atoms with Crippen LogP contribution in [0.3, 0.4) is 0 Å². The first-order valence-corrected chi connectivity index (χ1v) is 22.8. The maximum absolute atomic E-state index is 12.9. The Labute approximate surface area is 404 Å². The van der Waals surface area contributed by atoms with Gasteiger partial charge in [0.05, 0.1) is 22.3 Å². The second-order valence-electron chi connectivity index (χ2n) is 19.5. The maximum atomic E-state index is 12.9. The summed E-state index contributed by atoms with van der Waals surface area (Å²) in [6.45, 7) is 4.95. The van der Waals surface area contributed by atoms with Gasteiger partial charge in [-0.25, -0.2) is 0 Å². The zero-order valence-corrected chi connectivity index (χ0v) is 38.3. The molecule has 0 radical (unpaired) electrons. The van der Waals surface area contributed by atoms with Gasteiger partial charge in [0.15, 0.2) is 52.0 Å². The van der Waals surface area contributed by atoms with E-state index in [-0.39, 0.29) is 132 Å². The Balaban J connectivity index is 0.000000123. The van der Waals surface area contributed by atoms with Crippen molar-refractivity contribution in [3.63, 3.8) is 0 Å². The average Bonchev–Trinajstić information content (AvgIpc) is 3.32. The minimum atomic E-state index is -1.63. The number of aliphatic hydroxyl groups is 3. The molecular formula is C57H42O14. The molecule has 6 aliphatic carbocycles. The molecule has 354 valence electrons. The SMILES string of the molecule is CC1(O)CC(=O)c2c(ccc3c2C(=O)c2cccc(O)c2C3=O)C1.CC1(O)Cc2ccc3c(c2C(=O)C1O)C(=O)c1ccccc1C3=O.CC1CC(=O)c2c(ccc3c2C(=O)c2cccc(O)c2C3=O)C1. The number of carbonyl (C=O) groups excluding carboxylic acids is 9. The van der Waals surface area contributed by atoms with Crippen LogP contribution in [0.4, 0.5) is 0 Å². The lowest BCUT2D eigenvalue weighted by Crippen LogP contribution is -2.50. The first kappa shape index (κ1) is 46.6. The number of fused-ring (bicyclic) bond motifs is 12. The quantitative estimate of drug-likeness (QED) is 0.112. The molecule has 14 nitrogen and oxygen atoms in total. The molecular weight excluding hydrogens is 909 g/mol. The fraction of sp³-hybridized carbons (Fsp3) is 0.211. The molecule has 0 saturated heterocycles. The molecule has 0 aliphatic heterocycles. The molecule has 4 unspecified atom stereocenters. The number of phenols is 2. The summed E-state index contributed by atoms with van der Waals surface area (Å²) in [6.07, 6.45) is -0.330. The van der Waals surface area contributed by atoms with Crippen LogP contribution in [0.25, 0.3) is 0 Å². The van der Waals surface area contributed by atoms with Gasteiger partial charge < -0.3 is 25.5 Å². The first-order valence-electron chi connectivity index (χ1n) is 22.8. The van der Waals surface area contributed by atoms with Crippen LogP contribution < -0.4 is 0 Å². The van der Waals surface area contributed by atoms with Crippen LogP contribution in [0.2, 0.25) is 0 Å². The molecule has 71 heavy (non-hydrogen) atoms. The van der Waals surface area contributed by atoms with E-state index in [9.17, 15) is 68.7 Å². The highest BCUT2D eigenvalue weighted by molar-refractivity contribution is 6.34. The Morgan fingerprint density at radius 2 is 0.817 bits per heavy atom. The van der Waals surface area contributed by atoms with E-state index in [1.165, 1.54) is 55.5 Å². The normalized spacial score (nSPS) is 22.1. The van der Waals surface area contributed by atoms with E-state index in [2.05, 4.69) is 0 Å². The molecule has 12 rings (SSSR count). The van der Waals surface area contributed by atoms with Crippen molar-refractivity contribution in [2.45, 2.75) is 70.2 Å². The Bertz CT molecular complexity index is 3530. The molecule has 0 amide bonds. The van der Waals surface area contributed by atoms with Gasteiger partial charge in [0, 0.05) is 98.0 Å². The predicted molar refractivity (Wildman–Crippen MR) is 252 cm³/mol. The van der Waals surface area contributed by atoms with E-state index in [4.69, 9.17) is 0 Å². The molecule has 0 saturated carbocycles. The summed E-state index contributed by atoms with van der Waals surface area (Å²) in [5.41, 5.74) is 1.48. The van der Waals surface area contributed by atoms with Crippen LogP contribution in [0.15, 0.2) is 97.1 Å². The van der Waals surface area contributed by atoms with Gasteiger partial charge in [0.1, 0.15) is 17.6 Å². The van der Waals surface area contributed by atoms with Crippen molar-refractivity contribution in [3.05, 3.63) is 197 Å². The minimum absolute atomic E-state index is 0.0230. The molecule has 6 aliphatic rings. The zero-order valence-electron chi connectivity index (χ0n) is 38.3. The second kappa shape index (κ2) is 16.5. The number of Topliss-reactive ketones (excluding diaryl/α,β-unsaturated/α-hetero) is 3. The molecule has 0 fully saturated rings. The van der Waals surface area contributed by atoms with E-state index in [1.54, 1.807) is 55.5 Å². The number of benzene rings is 6. The van der Waals surface area contributed by atoms with Crippen molar-refractivity contribution in [2.75, 3.05) is 0 Å². The molecule has 5 N–H and O–H groups in total. The summed E-state index contributed by atoms with van der Waals surface area (Å²) in [5.74, 6) is -3.75. The third-order valence-electron chi connectivity index (χ3n) is 14.1. The lowest BCUT2D eigenvalue weighted by molar-refractivity contribution is -0.0489. The maximum Gasteiger partial charge on any atom is 0.198 e. The molecule has 0 bridgehead atoms. The van der Waals surface area contributed by atoms with Crippen molar-refractivity contribution >= 4 is 52.0 Å². The molecule has 0 spiro atoms. The van der Waals surface area contributed by atoms with Crippen LogP contribution in [0.5, 0.6) is 11.5 Å². The van der Waals surface area contributed by atoms with Crippen molar-refractivity contribution in [2.24, 2.45) is 5.92 Å². The highest BCUT2D eigenvalue weighted by Crippen LogP contribution is 2.41. The van der Waals surface area contributed by atoms with Crippen molar-refractivity contribution in [1.82, 2.24) is 0 Å². The van der Waals surface area contributed by atoms with Gasteiger partial charge in [-0.05, 0) is 73.2 Å². The number of phenolic OH excluding ortho intramolecular Hbond substituents is 2. The van der Waals surface area contributed by atoms with Gasteiger partial charge in [-0.2, -0.15) is 0 Å². The number of ketones is 9. The number of rotatable bonds is 0. The van der Waals surface area contributed by atoms with E-state index < -0.39 is 46.2 Å². The molecule has 0 aromatic heterocycles. The van der Waals surface area contributed by atoms with Crippen molar-refractivity contribution in [1.29, 1.82) is 0 Å². The monoisotopic (exact) mass is 950 g/mol. The molecule has 14 heteroatoms. The fourth-order valence-corrected chi connectivity index (χ4v) is 10.9. The number of carbonyl (C=O) groups is 9. The van der Waals surface area contributed by atoms with Crippen molar-refractivity contribution < 1.29 is 68.7 Å². The van der Waals surface area contributed by atoms with Gasteiger partial charge in [0.25, 0.3) is 0 Å². The number of hydrogen-bond donors (Lipinski definition) is 5. The number of aliphatic hydroxyl groups excluding tert-OH is 1. The lowest BCUT2D eigenvalue weighted by atomic mass is 9.72. The topological polar surface area (TPSA) is 255 Å². The molecule has 4 atom stereocenters. The molecule has 6 aromatic rings. The van der Waals surface area contributed by atoms with E-state index >= 15 is 0 Å². The predicted octanol–water partition coefficient (Wildman–Crippen LogP) is 6.29. The Hall–Kier alpha value is -8.17. The Kier molecular flexibility index (Phi) is 10.8. The summed E-state index contributed by atoms with van der Waals surface area (Å²) in [7, 11) is 0. The Morgan fingerprint density at radius 1 is 0.408 bits per heavy atom. The van der Waals surface area contributed by atoms with Crippen molar-refractivity contribution in [3.8, 4) is 11.5 Å². The van der Waals surface area contributed by atoms with Crippen LogP contribution in [-0.2, 0) is 19.3 Å². The van der Waals surface area contributed by atoms with Crippen LogP contribution in [-0.4, -0.2) is 94.9 Å². The van der Waals surface area contributed by atoms with Gasteiger partial charge in [-0.1, -0.05) is 73.7 Å². The van der Waals surface area contributed by atoms with Gasteiger partial charge in [-0.3, -0.25) is 43.2 Å². The summed E-state index contributed by atoms with van der Waals surface area (Å²) in [5, 5.41) is 50.4. The third-order valence-corrected chi connectivity index (χ3v) is 14.1. The zero-order chi connectivity index (χ0) is 50.7. The fourth-order valence-electron chi connectivity index (χ4n) is 10.9. The largest absolute Gasteiger partial charge is 0.507 e. The smallest absolute Gasteiger partial charge is 0.198 e. The number of aromatic hydroxyl groups is 2. The average molecular weight is 951 g/mol. The van der Waals surface area contributed by atoms with Crippen LogP contribution in [0.1, 0.15) is 177 Å². The summed E-state index contributed by atoms with van der Waals surface area (Å²) in [4.78, 5) is 114. The van der Waals surface area contributed by atoms with Gasteiger partial charge in [0.2, 0.25) is 0 Å². The van der Waals surface area contributed by atoms with E-state index in [1.807, 2.05) is 6.92 Å². The standard InChI is InChI=1S/2C19H14O5.C19H14O4/c1-19(24)7-9-5-6-11-16(14(9)13(21)8-19)18(23)10-3-2-4-12(20)15(10)17(11)22;1-19(24)8-9-6-7-12-14(13(9)17(22)18(19)23)16(21)11-5-3-2-4-10(11)15(12)20;1-9-7-10-5-6-12-17(15(10)14(21)8-9)19(23)11-3-2-4-13(20)16(11)18(12)22/h2-6,20,24H,7-8H2,1H3;2-7,18,23-24H,8H2,1H3;2-6,9,20H,7-8H2,1H3. The van der Waals surface area contributed by atoms with Crippen LogP contribution >= 0.6 is 0 Å². The second-order valence-corrected chi connectivity index (χ2v) is 19.5. The molecule has 6 aromatic carbocycles. The summed E-state index contributed by atoms with van der Waals surface area (Å²) >= 11 is 0. The third kappa shape index (κ3) is 7.24. The highest BCUT2D eigenvalue weighted by Gasteiger charge is 2.46. The van der Waals surface area contributed by atoms with E-state index in [0.29, 0.717) is 28.7 Å². The van der Waals surface area contributed by atoms with Gasteiger partial charge in [-0.15, -0.1) is 0 Å². The first-order chi connectivity index (χ1) is 33.6. The van der Waals surface area contributed by atoms with Gasteiger partial charge >= 0.3 is 0 Å². The highest BCUT2D eigenvalue weighted by atomic mass is 16.3. The lowest BCUT2D eigenvalue weighted by Gasteiger charge is -2.35. The summed E-state index contributed by atoms with van der Waals surface area (Å²) < 4.78 is 0. The Morgan fingerprint density at radius 3 is 1.37 bits per heavy atom. The van der Waals surface area contributed by atoms with Crippen LogP contribution in [0, 0.1) is 5.92 Å². The minimum Gasteiger partial charge on any atom is -0.507 e. The number of hydrogen-bond acceptors (Lipinski definition) is 14. The van der Waals surface area contributed by atoms with E-state index in [0.717, 1.165) is 12.0 Å².